The van der Waals surface area contributed by atoms with E-state index in [-0.39, 0.29) is 5.91 Å². The minimum atomic E-state index is -0.627. The molecule has 4 aliphatic rings. The first-order valence-electron chi connectivity index (χ1n) is 10.8. The fourth-order valence-corrected chi connectivity index (χ4v) is 6.58. The minimum absolute atomic E-state index is 0.174. The number of hydrogen-bond donors (Lipinski definition) is 1. The molecular weight excluding hydrogens is 382 g/mol. The standard InChI is InChI=1S/C25H28ClNO2/c1-16(29-23-5-3-2-4-22(23)26)24(28)27-21-8-6-20(7-9-21)25-13-17-10-18(14-25)12-19(11-17)15-25/h2-9,16-19H,10-15H2,1H3,(H,27,28)/t16-,17?,18?,19?,25?/m1/s1. The van der Waals surface area contributed by atoms with Crippen molar-refractivity contribution < 1.29 is 9.53 Å². The Kier molecular flexibility index (Phi) is 4.82. The summed E-state index contributed by atoms with van der Waals surface area (Å²) in [7, 11) is 0. The van der Waals surface area contributed by atoms with E-state index >= 15 is 0 Å². The zero-order chi connectivity index (χ0) is 20.0. The first kappa shape index (κ1) is 19.0. The normalized spacial score (nSPS) is 30.8. The Hall–Kier alpha value is -2.00. The molecule has 2 aromatic carbocycles. The number of para-hydroxylation sites is 1. The van der Waals surface area contributed by atoms with Crippen LogP contribution in [0.2, 0.25) is 5.02 Å². The summed E-state index contributed by atoms with van der Waals surface area (Å²) in [6, 6.07) is 15.8. The fraction of sp³-hybridized carbons (Fsp3) is 0.480. The van der Waals surface area contributed by atoms with Gasteiger partial charge in [0.15, 0.2) is 6.10 Å². The van der Waals surface area contributed by atoms with E-state index in [0.29, 0.717) is 16.2 Å². The van der Waals surface area contributed by atoms with Crippen molar-refractivity contribution in [1.29, 1.82) is 0 Å². The van der Waals surface area contributed by atoms with Crippen LogP contribution in [0, 0.1) is 17.8 Å². The number of carbonyl (C=O) groups is 1. The lowest BCUT2D eigenvalue weighted by Crippen LogP contribution is -2.48. The number of ether oxygens (including phenoxy) is 1. The Balaban J connectivity index is 1.25. The zero-order valence-electron chi connectivity index (χ0n) is 16.9. The van der Waals surface area contributed by atoms with Gasteiger partial charge in [-0.15, -0.1) is 0 Å². The molecule has 0 aromatic heterocycles. The fourth-order valence-electron chi connectivity index (χ4n) is 6.40. The van der Waals surface area contributed by atoms with Gasteiger partial charge in [-0.1, -0.05) is 35.9 Å². The second-order valence-electron chi connectivity index (χ2n) is 9.45. The van der Waals surface area contributed by atoms with E-state index in [1.807, 2.05) is 24.3 Å². The summed E-state index contributed by atoms with van der Waals surface area (Å²) in [5.41, 5.74) is 2.67. The molecule has 2 aromatic rings. The summed E-state index contributed by atoms with van der Waals surface area (Å²) in [5.74, 6) is 3.15. The van der Waals surface area contributed by atoms with Crippen LogP contribution in [0.3, 0.4) is 0 Å². The highest BCUT2D eigenvalue weighted by atomic mass is 35.5. The number of hydrogen-bond acceptors (Lipinski definition) is 2. The van der Waals surface area contributed by atoms with Gasteiger partial charge in [0.1, 0.15) is 5.75 Å². The van der Waals surface area contributed by atoms with E-state index in [1.54, 1.807) is 19.1 Å². The highest BCUT2D eigenvalue weighted by Gasteiger charge is 2.51. The van der Waals surface area contributed by atoms with Gasteiger partial charge < -0.3 is 10.1 Å². The highest BCUT2D eigenvalue weighted by Crippen LogP contribution is 2.60. The van der Waals surface area contributed by atoms with Crippen molar-refractivity contribution in [2.75, 3.05) is 5.32 Å². The van der Waals surface area contributed by atoms with Crippen molar-refractivity contribution >= 4 is 23.2 Å². The molecule has 0 saturated heterocycles. The summed E-state index contributed by atoms with van der Waals surface area (Å²) in [5, 5.41) is 3.48. The molecule has 152 valence electrons. The van der Waals surface area contributed by atoms with Gasteiger partial charge in [0.05, 0.1) is 5.02 Å². The summed E-state index contributed by atoms with van der Waals surface area (Å²) in [6.07, 6.45) is 7.80. The Morgan fingerprint density at radius 3 is 2.17 bits per heavy atom. The molecule has 0 unspecified atom stereocenters. The van der Waals surface area contributed by atoms with Crippen molar-refractivity contribution in [3.05, 3.63) is 59.1 Å². The second-order valence-corrected chi connectivity index (χ2v) is 9.86. The molecule has 0 heterocycles. The smallest absolute Gasteiger partial charge is 0.265 e. The second kappa shape index (κ2) is 7.36. The largest absolute Gasteiger partial charge is 0.479 e. The van der Waals surface area contributed by atoms with E-state index in [2.05, 4.69) is 17.4 Å². The highest BCUT2D eigenvalue weighted by molar-refractivity contribution is 6.32. The molecule has 4 heteroatoms. The average molecular weight is 410 g/mol. The number of rotatable bonds is 5. The topological polar surface area (TPSA) is 38.3 Å². The first-order chi connectivity index (χ1) is 14.0. The third-order valence-corrected chi connectivity index (χ3v) is 7.62. The molecule has 0 spiro atoms. The molecule has 1 N–H and O–H groups in total. The van der Waals surface area contributed by atoms with Crippen LogP contribution in [0.4, 0.5) is 5.69 Å². The molecule has 0 aliphatic heterocycles. The third kappa shape index (κ3) is 3.66. The molecule has 29 heavy (non-hydrogen) atoms. The molecule has 4 saturated carbocycles. The number of nitrogens with one attached hydrogen (secondary N) is 1. The number of anilines is 1. The average Bonchev–Trinajstić information content (AvgIpc) is 2.69. The Morgan fingerprint density at radius 2 is 1.59 bits per heavy atom. The van der Waals surface area contributed by atoms with Crippen molar-refractivity contribution in [1.82, 2.24) is 0 Å². The summed E-state index contributed by atoms with van der Waals surface area (Å²) in [6.45, 7) is 1.74. The van der Waals surface area contributed by atoms with Crippen LogP contribution < -0.4 is 10.1 Å². The summed E-state index contributed by atoms with van der Waals surface area (Å²) in [4.78, 5) is 12.6. The van der Waals surface area contributed by atoms with Gasteiger partial charge in [-0.25, -0.2) is 0 Å². The molecular formula is C25H28ClNO2. The monoisotopic (exact) mass is 409 g/mol. The third-order valence-electron chi connectivity index (χ3n) is 7.31. The zero-order valence-corrected chi connectivity index (χ0v) is 17.6. The van der Waals surface area contributed by atoms with Gasteiger partial charge in [-0.3, -0.25) is 4.79 Å². The van der Waals surface area contributed by atoms with E-state index in [0.717, 1.165) is 23.4 Å². The Labute approximate surface area is 177 Å². The van der Waals surface area contributed by atoms with E-state index in [4.69, 9.17) is 16.3 Å². The van der Waals surface area contributed by atoms with Crippen LogP contribution in [0.5, 0.6) is 5.75 Å². The van der Waals surface area contributed by atoms with Gasteiger partial charge in [0, 0.05) is 5.69 Å². The maximum Gasteiger partial charge on any atom is 0.265 e. The SMILES string of the molecule is C[C@@H](Oc1ccccc1Cl)C(=O)Nc1ccc(C23CC4CC(CC(C4)C2)C3)cc1. The number of amides is 1. The molecule has 6 rings (SSSR count). The van der Waals surface area contributed by atoms with E-state index in [9.17, 15) is 4.79 Å². The molecule has 0 radical (unpaired) electrons. The van der Waals surface area contributed by atoms with Crippen LogP contribution in [0.1, 0.15) is 51.0 Å². The lowest BCUT2D eigenvalue weighted by atomic mass is 9.48. The van der Waals surface area contributed by atoms with Gasteiger partial charge in [0.25, 0.3) is 5.91 Å². The van der Waals surface area contributed by atoms with Gasteiger partial charge in [-0.2, -0.15) is 0 Å². The lowest BCUT2D eigenvalue weighted by molar-refractivity contribution is -0.122. The molecule has 3 nitrogen and oxygen atoms in total. The summed E-state index contributed by atoms with van der Waals surface area (Å²) >= 11 is 6.12. The van der Waals surface area contributed by atoms with Crippen LogP contribution in [0.15, 0.2) is 48.5 Å². The number of halogens is 1. The first-order valence-corrected chi connectivity index (χ1v) is 11.2. The molecule has 1 amide bonds. The Bertz CT molecular complexity index is 872. The van der Waals surface area contributed by atoms with Crippen molar-refractivity contribution in [3.63, 3.8) is 0 Å². The number of carbonyl (C=O) groups excluding carboxylic acids is 1. The van der Waals surface area contributed by atoms with Crippen LogP contribution in [-0.2, 0) is 10.2 Å². The Morgan fingerprint density at radius 1 is 1.00 bits per heavy atom. The van der Waals surface area contributed by atoms with Gasteiger partial charge in [0.2, 0.25) is 0 Å². The minimum Gasteiger partial charge on any atom is -0.479 e. The van der Waals surface area contributed by atoms with Gasteiger partial charge >= 0.3 is 0 Å². The van der Waals surface area contributed by atoms with Crippen LogP contribution in [0.25, 0.3) is 0 Å². The van der Waals surface area contributed by atoms with Crippen LogP contribution in [-0.4, -0.2) is 12.0 Å². The van der Waals surface area contributed by atoms with Crippen molar-refractivity contribution in [2.24, 2.45) is 17.8 Å². The van der Waals surface area contributed by atoms with Crippen LogP contribution >= 0.6 is 11.6 Å². The molecule has 4 bridgehead atoms. The maximum atomic E-state index is 12.6. The van der Waals surface area contributed by atoms with Crippen molar-refractivity contribution in [3.8, 4) is 5.75 Å². The van der Waals surface area contributed by atoms with E-state index in [1.165, 1.54) is 44.1 Å². The van der Waals surface area contributed by atoms with Crippen molar-refractivity contribution in [2.45, 2.75) is 57.0 Å². The maximum absolute atomic E-state index is 12.6. The van der Waals surface area contributed by atoms with E-state index < -0.39 is 6.10 Å². The number of benzene rings is 2. The predicted molar refractivity (Wildman–Crippen MR) is 116 cm³/mol. The summed E-state index contributed by atoms with van der Waals surface area (Å²) < 4.78 is 5.72. The quantitative estimate of drug-likeness (QED) is 0.637. The molecule has 4 aliphatic carbocycles. The molecule has 1 atom stereocenters. The van der Waals surface area contributed by atoms with Gasteiger partial charge in [-0.05, 0) is 98.4 Å². The lowest BCUT2D eigenvalue weighted by Gasteiger charge is -2.57. The predicted octanol–water partition coefficient (Wildman–Crippen LogP) is 6.21. The molecule has 4 fully saturated rings.